The van der Waals surface area contributed by atoms with Gasteiger partial charge in [0.25, 0.3) is 5.91 Å². The second-order valence-electron chi connectivity index (χ2n) is 6.39. The molecule has 0 saturated heterocycles. The fourth-order valence-corrected chi connectivity index (χ4v) is 2.90. The zero-order chi connectivity index (χ0) is 20.2. The highest BCUT2D eigenvalue weighted by molar-refractivity contribution is 5.94. The van der Waals surface area contributed by atoms with Gasteiger partial charge in [0.15, 0.2) is 0 Å². The number of ether oxygens (including phenoxy) is 1. The number of nitrogens with one attached hydrogen (secondary N) is 2. The molecule has 0 bridgehead atoms. The lowest BCUT2D eigenvalue weighted by molar-refractivity contribution is 0.0950. The molecule has 0 atom stereocenters. The van der Waals surface area contributed by atoms with Crippen LogP contribution in [0, 0.1) is 5.82 Å². The van der Waals surface area contributed by atoms with Crippen molar-refractivity contribution in [1.82, 2.24) is 20.3 Å². The summed E-state index contributed by atoms with van der Waals surface area (Å²) in [5.41, 5.74) is 8.26. The first-order valence-electron chi connectivity index (χ1n) is 8.95. The van der Waals surface area contributed by atoms with Crippen molar-refractivity contribution in [3.63, 3.8) is 0 Å². The molecule has 0 aliphatic heterocycles. The molecule has 2 heterocycles. The smallest absolute Gasteiger partial charge is 0.251 e. The fraction of sp³-hybridized carbons (Fsp3) is 0.0952. The first-order chi connectivity index (χ1) is 14.1. The van der Waals surface area contributed by atoms with Gasteiger partial charge in [-0.3, -0.25) is 4.79 Å². The monoisotopic (exact) mass is 391 g/mol. The Morgan fingerprint density at radius 2 is 2.03 bits per heavy atom. The molecule has 0 spiro atoms. The van der Waals surface area contributed by atoms with Crippen molar-refractivity contribution in [2.75, 3.05) is 0 Å². The number of carbonyl (C=O) groups excluding carboxylic acids is 1. The molecule has 0 aliphatic carbocycles. The summed E-state index contributed by atoms with van der Waals surface area (Å²) in [6.07, 6.45) is 1.38. The lowest BCUT2D eigenvalue weighted by Gasteiger charge is -2.08. The van der Waals surface area contributed by atoms with Gasteiger partial charge in [0.05, 0.1) is 12.2 Å². The normalized spacial score (nSPS) is 10.8. The summed E-state index contributed by atoms with van der Waals surface area (Å²) in [6.45, 7) is 0.563. The quantitative estimate of drug-likeness (QED) is 0.468. The van der Waals surface area contributed by atoms with Crippen molar-refractivity contribution in [2.24, 2.45) is 5.73 Å². The Morgan fingerprint density at radius 1 is 1.14 bits per heavy atom. The molecule has 29 heavy (non-hydrogen) atoms. The number of halogens is 1. The third-order valence-corrected chi connectivity index (χ3v) is 4.30. The number of aromatic nitrogens is 3. The highest BCUT2D eigenvalue weighted by atomic mass is 19.1. The molecular formula is C21H18FN5O2. The predicted molar refractivity (Wildman–Crippen MR) is 106 cm³/mol. The molecule has 4 aromatic rings. The van der Waals surface area contributed by atoms with Crippen LogP contribution < -0.4 is 15.8 Å². The average molecular weight is 391 g/mol. The Morgan fingerprint density at radius 3 is 2.90 bits per heavy atom. The summed E-state index contributed by atoms with van der Waals surface area (Å²) >= 11 is 0. The van der Waals surface area contributed by atoms with Crippen LogP contribution in [0.25, 0.3) is 10.9 Å². The number of hydrogen-bond donors (Lipinski definition) is 3. The van der Waals surface area contributed by atoms with Gasteiger partial charge in [0.2, 0.25) is 5.88 Å². The van der Waals surface area contributed by atoms with Gasteiger partial charge in [-0.2, -0.15) is 0 Å². The molecule has 4 N–H and O–H groups in total. The summed E-state index contributed by atoms with van der Waals surface area (Å²) in [4.78, 5) is 23.7. The van der Waals surface area contributed by atoms with E-state index in [2.05, 4.69) is 20.3 Å². The molecule has 7 nitrogen and oxygen atoms in total. The van der Waals surface area contributed by atoms with Gasteiger partial charge in [-0.05, 0) is 42.5 Å². The summed E-state index contributed by atoms with van der Waals surface area (Å²) in [7, 11) is 0. The number of nitrogens with zero attached hydrogens (tertiary/aromatic N) is 2. The number of hydrogen-bond acceptors (Lipinski definition) is 5. The minimum absolute atomic E-state index is 0.259. The van der Waals surface area contributed by atoms with E-state index < -0.39 is 0 Å². The predicted octanol–water partition coefficient (Wildman–Crippen LogP) is 3.28. The number of amides is 1. The van der Waals surface area contributed by atoms with Crippen molar-refractivity contribution in [3.05, 3.63) is 83.7 Å². The van der Waals surface area contributed by atoms with E-state index in [0.29, 0.717) is 22.9 Å². The van der Waals surface area contributed by atoms with Crippen LogP contribution >= 0.6 is 0 Å². The summed E-state index contributed by atoms with van der Waals surface area (Å²) in [5.74, 6) is 0.264. The molecule has 0 fully saturated rings. The van der Waals surface area contributed by atoms with E-state index >= 15 is 0 Å². The van der Waals surface area contributed by atoms with Crippen LogP contribution in [0.15, 0.2) is 60.9 Å². The Hall–Kier alpha value is -3.78. The molecule has 2 aromatic heterocycles. The number of H-pyrrole nitrogens is 1. The number of aromatic amines is 1. The van der Waals surface area contributed by atoms with Gasteiger partial charge >= 0.3 is 0 Å². The Balaban J connectivity index is 1.43. The molecular weight excluding hydrogens is 373 g/mol. The van der Waals surface area contributed by atoms with Crippen molar-refractivity contribution < 1.29 is 13.9 Å². The topological polar surface area (TPSA) is 106 Å². The number of nitrogens with two attached hydrogens (primary N) is 1. The van der Waals surface area contributed by atoms with Gasteiger partial charge in [0, 0.05) is 34.8 Å². The molecule has 0 saturated carbocycles. The number of fused-ring (bicyclic) bond motifs is 1. The molecule has 0 aliphatic rings. The maximum Gasteiger partial charge on any atom is 0.251 e. The van der Waals surface area contributed by atoms with E-state index in [1.165, 1.54) is 18.5 Å². The summed E-state index contributed by atoms with van der Waals surface area (Å²) in [6, 6.07) is 14.7. The first-order valence-corrected chi connectivity index (χ1v) is 8.95. The van der Waals surface area contributed by atoms with Gasteiger partial charge < -0.3 is 20.8 Å². The van der Waals surface area contributed by atoms with Crippen LogP contribution in [-0.2, 0) is 13.1 Å². The van der Waals surface area contributed by atoms with Crippen LogP contribution in [0.4, 0.5) is 4.39 Å². The zero-order valence-electron chi connectivity index (χ0n) is 15.4. The lowest BCUT2D eigenvalue weighted by atomic mass is 10.2. The second kappa shape index (κ2) is 8.07. The van der Waals surface area contributed by atoms with E-state index in [9.17, 15) is 9.18 Å². The highest BCUT2D eigenvalue weighted by Gasteiger charge is 2.09. The minimum atomic E-state index is -0.300. The number of benzene rings is 2. The molecule has 0 radical (unpaired) electrons. The van der Waals surface area contributed by atoms with Crippen LogP contribution in [-0.4, -0.2) is 20.9 Å². The largest absolute Gasteiger partial charge is 0.439 e. The van der Waals surface area contributed by atoms with Gasteiger partial charge in [0.1, 0.15) is 17.9 Å². The average Bonchev–Trinajstić information content (AvgIpc) is 3.14. The third kappa shape index (κ3) is 4.39. The third-order valence-electron chi connectivity index (χ3n) is 4.30. The van der Waals surface area contributed by atoms with Crippen molar-refractivity contribution in [2.45, 2.75) is 13.1 Å². The SMILES string of the molecule is NCc1cc(Oc2cccc(C(=O)NCc3cc4cc(F)ccc4[nH]3)c2)ncn1. The van der Waals surface area contributed by atoms with Crippen molar-refractivity contribution in [3.8, 4) is 11.6 Å². The Kier molecular flexibility index (Phi) is 5.17. The van der Waals surface area contributed by atoms with Crippen molar-refractivity contribution in [1.29, 1.82) is 0 Å². The molecule has 1 amide bonds. The van der Waals surface area contributed by atoms with Gasteiger partial charge in [-0.25, -0.2) is 14.4 Å². The van der Waals surface area contributed by atoms with Crippen LogP contribution in [0.3, 0.4) is 0 Å². The van der Waals surface area contributed by atoms with Crippen LogP contribution in [0.5, 0.6) is 11.6 Å². The van der Waals surface area contributed by atoms with Crippen molar-refractivity contribution >= 4 is 16.8 Å². The molecule has 4 rings (SSSR count). The molecule has 0 unspecified atom stereocenters. The van der Waals surface area contributed by atoms with Gasteiger partial charge in [-0.1, -0.05) is 6.07 Å². The molecule has 2 aromatic carbocycles. The zero-order valence-corrected chi connectivity index (χ0v) is 15.4. The maximum atomic E-state index is 13.3. The van der Waals surface area contributed by atoms with E-state index in [0.717, 1.165) is 16.6 Å². The molecule has 8 heteroatoms. The number of rotatable bonds is 6. The summed E-state index contributed by atoms with van der Waals surface area (Å²) in [5, 5.41) is 3.59. The molecule has 146 valence electrons. The van der Waals surface area contributed by atoms with E-state index in [4.69, 9.17) is 10.5 Å². The summed E-state index contributed by atoms with van der Waals surface area (Å²) < 4.78 is 19.0. The fourth-order valence-electron chi connectivity index (χ4n) is 2.90. The van der Waals surface area contributed by atoms with Crippen LogP contribution in [0.1, 0.15) is 21.7 Å². The standard InChI is InChI=1S/C21H18FN5O2/c22-15-4-5-19-14(6-15)7-17(27-19)11-24-21(28)13-2-1-3-18(8-13)29-20-9-16(10-23)25-12-26-20/h1-9,12,27H,10-11,23H2,(H,24,28). The first kappa shape index (κ1) is 18.6. The minimum Gasteiger partial charge on any atom is -0.439 e. The van der Waals surface area contributed by atoms with E-state index in [-0.39, 0.29) is 24.8 Å². The second-order valence-corrected chi connectivity index (χ2v) is 6.39. The van der Waals surface area contributed by atoms with Crippen LogP contribution in [0.2, 0.25) is 0 Å². The number of carbonyl (C=O) groups is 1. The van der Waals surface area contributed by atoms with Gasteiger partial charge in [-0.15, -0.1) is 0 Å². The maximum absolute atomic E-state index is 13.3. The van der Waals surface area contributed by atoms with E-state index in [1.807, 2.05) is 6.07 Å². The Bertz CT molecular complexity index is 1170. The highest BCUT2D eigenvalue weighted by Crippen LogP contribution is 2.21. The van der Waals surface area contributed by atoms with E-state index in [1.54, 1.807) is 36.4 Å². The Labute approximate surface area is 165 Å². The lowest BCUT2D eigenvalue weighted by Crippen LogP contribution is -2.22.